The molecule has 0 spiro atoms. The summed E-state index contributed by atoms with van der Waals surface area (Å²) in [5.74, 6) is -1.59. The molecule has 0 saturated heterocycles. The molecule has 116 valence electrons. The molecule has 2 aromatic rings. The van der Waals surface area contributed by atoms with Gasteiger partial charge < -0.3 is 15.3 Å². The Morgan fingerprint density at radius 2 is 2.13 bits per heavy atom. The number of nitrogens with one attached hydrogen (secondary N) is 1. The fraction of sp³-hybridized carbons (Fsp3) is 0.0667. The number of anilines is 1. The van der Waals surface area contributed by atoms with Crippen molar-refractivity contribution in [1.29, 1.82) is 5.26 Å². The summed E-state index contributed by atoms with van der Waals surface area (Å²) in [6.45, 7) is -0.606. The van der Waals surface area contributed by atoms with Crippen LogP contribution in [0.2, 0.25) is 5.02 Å². The van der Waals surface area contributed by atoms with Gasteiger partial charge in [-0.25, -0.2) is 4.79 Å². The van der Waals surface area contributed by atoms with Crippen LogP contribution in [0.25, 0.3) is 0 Å². The van der Waals surface area contributed by atoms with Gasteiger partial charge in [0.15, 0.2) is 12.8 Å². The maximum Gasteiger partial charge on any atom is 0.405 e. The zero-order valence-electron chi connectivity index (χ0n) is 11.7. The molecule has 0 aliphatic carbocycles. The highest BCUT2D eigenvalue weighted by atomic mass is 35.5. The van der Waals surface area contributed by atoms with E-state index in [1.807, 2.05) is 6.07 Å². The van der Waals surface area contributed by atoms with E-state index in [1.165, 1.54) is 36.4 Å². The molecule has 0 fully saturated rings. The Kier molecular flexibility index (Phi) is 5.12. The van der Waals surface area contributed by atoms with Crippen LogP contribution < -0.4 is 10.0 Å². The number of amides is 1. The molecule has 0 bridgehead atoms. The predicted octanol–water partition coefficient (Wildman–Crippen LogP) is 1.64. The van der Waals surface area contributed by atoms with E-state index >= 15 is 0 Å². The van der Waals surface area contributed by atoms with Crippen LogP contribution in [0.4, 0.5) is 5.69 Å². The van der Waals surface area contributed by atoms with Crippen molar-refractivity contribution in [2.75, 3.05) is 11.9 Å². The summed E-state index contributed by atoms with van der Waals surface area (Å²) in [5, 5.41) is 23.1. The lowest BCUT2D eigenvalue weighted by molar-refractivity contribution is -0.608. The Morgan fingerprint density at radius 3 is 2.83 bits per heavy atom. The summed E-state index contributed by atoms with van der Waals surface area (Å²) in [5.41, 5.74) is 0.190. The molecule has 1 N–H and O–H groups in total. The van der Waals surface area contributed by atoms with E-state index in [0.717, 1.165) is 6.20 Å². The summed E-state index contributed by atoms with van der Waals surface area (Å²) >= 11 is 5.80. The molecule has 0 unspecified atom stereocenters. The first-order chi connectivity index (χ1) is 11.0. The van der Waals surface area contributed by atoms with Crippen molar-refractivity contribution < 1.29 is 19.1 Å². The topological polar surface area (TPSA) is 106 Å². The summed E-state index contributed by atoms with van der Waals surface area (Å²) < 4.78 is 5.10. The number of benzene rings is 1. The van der Waals surface area contributed by atoms with Crippen molar-refractivity contribution in [3.63, 3.8) is 0 Å². The van der Waals surface area contributed by atoms with Crippen LogP contribution in [-0.4, -0.2) is 18.5 Å². The minimum absolute atomic E-state index is 0.208. The summed E-state index contributed by atoms with van der Waals surface area (Å²) in [4.78, 5) is 23.5. The molecule has 0 saturated carbocycles. The molecule has 0 aliphatic rings. The van der Waals surface area contributed by atoms with Crippen molar-refractivity contribution in [1.82, 2.24) is 0 Å². The fourth-order valence-corrected chi connectivity index (χ4v) is 1.87. The van der Waals surface area contributed by atoms with Gasteiger partial charge in [0.2, 0.25) is 0 Å². The minimum Gasteiger partial charge on any atom is -0.618 e. The number of pyridine rings is 1. The first-order valence-corrected chi connectivity index (χ1v) is 6.74. The molecule has 7 nitrogen and oxygen atoms in total. The summed E-state index contributed by atoms with van der Waals surface area (Å²) in [7, 11) is 0. The van der Waals surface area contributed by atoms with Gasteiger partial charge in [-0.15, -0.1) is 0 Å². The molecular formula is C15H10ClN3O4. The van der Waals surface area contributed by atoms with Gasteiger partial charge in [-0.05, 0) is 24.3 Å². The molecule has 2 rings (SSSR count). The van der Waals surface area contributed by atoms with Crippen LogP contribution in [0.5, 0.6) is 0 Å². The van der Waals surface area contributed by atoms with Crippen molar-refractivity contribution in [3.8, 4) is 6.07 Å². The number of carbonyl (C=O) groups excluding carboxylic acids is 2. The molecule has 1 amide bonds. The summed E-state index contributed by atoms with van der Waals surface area (Å²) in [6.07, 6.45) is 1.14. The third-order valence-electron chi connectivity index (χ3n) is 2.74. The quantitative estimate of drug-likeness (QED) is 0.520. The molecule has 23 heavy (non-hydrogen) atoms. The standard InChI is InChI=1S/C15H10ClN3O4/c16-11-5-4-10(8-17)12(7-11)18-14(20)9-23-15(21)13-3-1-2-6-19(13)22/h1-7H,9H2,(H,18,20). The number of esters is 1. The maximum absolute atomic E-state index is 11.8. The van der Waals surface area contributed by atoms with Crippen LogP contribution in [0.3, 0.4) is 0 Å². The molecule has 1 aromatic carbocycles. The van der Waals surface area contributed by atoms with Gasteiger partial charge in [0.1, 0.15) is 6.07 Å². The van der Waals surface area contributed by atoms with E-state index in [4.69, 9.17) is 21.6 Å². The zero-order valence-corrected chi connectivity index (χ0v) is 12.4. The highest BCUT2D eigenvalue weighted by Crippen LogP contribution is 2.20. The zero-order chi connectivity index (χ0) is 16.8. The molecule has 1 aromatic heterocycles. The van der Waals surface area contributed by atoms with Gasteiger partial charge in [-0.3, -0.25) is 4.79 Å². The van der Waals surface area contributed by atoms with E-state index in [0.29, 0.717) is 9.75 Å². The van der Waals surface area contributed by atoms with Crippen LogP contribution in [0, 0.1) is 16.5 Å². The van der Waals surface area contributed by atoms with Crippen molar-refractivity contribution >= 4 is 29.2 Å². The Bertz CT molecular complexity index is 802. The SMILES string of the molecule is N#Cc1ccc(Cl)cc1NC(=O)COC(=O)c1cccc[n+]1[O-]. The van der Waals surface area contributed by atoms with Gasteiger partial charge in [0.05, 0.1) is 11.3 Å². The lowest BCUT2D eigenvalue weighted by Crippen LogP contribution is -2.35. The van der Waals surface area contributed by atoms with E-state index in [-0.39, 0.29) is 16.9 Å². The number of nitrogens with zero attached hydrogens (tertiary/aromatic N) is 2. The van der Waals surface area contributed by atoms with Gasteiger partial charge in [-0.1, -0.05) is 11.6 Å². The number of nitriles is 1. The van der Waals surface area contributed by atoms with E-state index in [1.54, 1.807) is 0 Å². The first kappa shape index (κ1) is 16.3. The molecule has 8 heteroatoms. The van der Waals surface area contributed by atoms with Gasteiger partial charge >= 0.3 is 11.7 Å². The number of carbonyl (C=O) groups is 2. The number of hydrogen-bond acceptors (Lipinski definition) is 5. The van der Waals surface area contributed by atoms with Crippen molar-refractivity contribution in [3.05, 3.63) is 64.1 Å². The van der Waals surface area contributed by atoms with E-state index in [2.05, 4.69) is 5.32 Å². The van der Waals surface area contributed by atoms with Gasteiger partial charge in [-0.2, -0.15) is 9.99 Å². The van der Waals surface area contributed by atoms with Crippen LogP contribution in [0.1, 0.15) is 16.1 Å². The van der Waals surface area contributed by atoms with Crippen LogP contribution >= 0.6 is 11.6 Å². The number of aromatic nitrogens is 1. The second-order valence-electron chi connectivity index (χ2n) is 4.34. The van der Waals surface area contributed by atoms with Crippen LogP contribution in [-0.2, 0) is 9.53 Å². The molecule has 0 aliphatic heterocycles. The average Bonchev–Trinajstić information content (AvgIpc) is 2.53. The summed E-state index contributed by atoms with van der Waals surface area (Å²) in [6, 6.07) is 10.5. The Morgan fingerprint density at radius 1 is 1.35 bits per heavy atom. The maximum atomic E-state index is 11.8. The Labute approximate surface area is 136 Å². The normalized spacial score (nSPS) is 9.74. The number of ether oxygens (including phenoxy) is 1. The predicted molar refractivity (Wildman–Crippen MR) is 80.5 cm³/mol. The average molecular weight is 332 g/mol. The second-order valence-corrected chi connectivity index (χ2v) is 4.77. The third-order valence-corrected chi connectivity index (χ3v) is 2.98. The number of rotatable bonds is 4. The lowest BCUT2D eigenvalue weighted by Gasteiger charge is -2.08. The highest BCUT2D eigenvalue weighted by molar-refractivity contribution is 6.31. The first-order valence-electron chi connectivity index (χ1n) is 6.36. The monoisotopic (exact) mass is 331 g/mol. The smallest absolute Gasteiger partial charge is 0.405 e. The fourth-order valence-electron chi connectivity index (χ4n) is 1.70. The van der Waals surface area contributed by atoms with Gasteiger partial charge in [0.25, 0.3) is 5.91 Å². The van der Waals surface area contributed by atoms with Gasteiger partial charge in [0, 0.05) is 17.2 Å². The third kappa shape index (κ3) is 4.18. The second kappa shape index (κ2) is 7.24. The largest absolute Gasteiger partial charge is 0.618 e. The van der Waals surface area contributed by atoms with E-state index in [9.17, 15) is 14.8 Å². The molecule has 1 heterocycles. The number of halogens is 1. The molecular weight excluding hydrogens is 322 g/mol. The lowest BCUT2D eigenvalue weighted by atomic mass is 10.2. The van der Waals surface area contributed by atoms with Crippen molar-refractivity contribution in [2.24, 2.45) is 0 Å². The minimum atomic E-state index is -0.928. The number of hydrogen-bond donors (Lipinski definition) is 1. The molecule has 0 radical (unpaired) electrons. The Hall–Kier alpha value is -3.11. The van der Waals surface area contributed by atoms with Crippen molar-refractivity contribution in [2.45, 2.75) is 0 Å². The Balaban J connectivity index is 1.99. The highest BCUT2D eigenvalue weighted by Gasteiger charge is 2.18. The van der Waals surface area contributed by atoms with Crippen LogP contribution in [0.15, 0.2) is 42.6 Å². The van der Waals surface area contributed by atoms with E-state index < -0.39 is 18.5 Å². The molecule has 0 atom stereocenters.